The van der Waals surface area contributed by atoms with Crippen LogP contribution < -0.4 is 18.9 Å². The zero-order valence-corrected chi connectivity index (χ0v) is 26.2. The van der Waals surface area contributed by atoms with Crippen molar-refractivity contribution in [1.82, 2.24) is 9.80 Å². The molecule has 12 heteroatoms. The molecule has 0 saturated carbocycles. The quantitative estimate of drug-likeness (QED) is 0.426. The van der Waals surface area contributed by atoms with Crippen LogP contribution in [0.5, 0.6) is 23.0 Å². The molecule has 2 amide bonds. The van der Waals surface area contributed by atoms with E-state index in [1.54, 1.807) is 24.3 Å². The Labute approximate surface area is 253 Å². The third-order valence-corrected chi connectivity index (χ3v) is 9.31. The lowest BCUT2D eigenvalue weighted by Crippen LogP contribution is -2.64. The lowest BCUT2D eigenvalue weighted by molar-refractivity contribution is -0.158. The van der Waals surface area contributed by atoms with Crippen molar-refractivity contribution >= 4 is 57.0 Å². The third-order valence-electron chi connectivity index (χ3n) is 7.52. The van der Waals surface area contributed by atoms with Gasteiger partial charge in [0, 0.05) is 58.4 Å². The second kappa shape index (κ2) is 9.80. The maximum atomic E-state index is 13.8. The lowest BCUT2D eigenvalue weighted by atomic mass is 9.65. The van der Waals surface area contributed by atoms with Crippen molar-refractivity contribution in [3.8, 4) is 23.0 Å². The third kappa shape index (κ3) is 4.90. The topological polar surface area (TPSA) is 96.0 Å². The average molecular weight is 762 g/mol. The van der Waals surface area contributed by atoms with Gasteiger partial charge in [0.15, 0.2) is 23.0 Å². The molecule has 0 N–H and O–H groups in total. The molecule has 0 aromatic heterocycles. The van der Waals surface area contributed by atoms with Crippen molar-refractivity contribution < 1.29 is 38.0 Å². The first kappa shape index (κ1) is 27.1. The zero-order chi connectivity index (χ0) is 27.7. The number of likely N-dealkylation sites (tertiary alicyclic amines) is 2. The second-order valence-corrected chi connectivity index (χ2v) is 13.5. The number of hydrogen-bond donors (Lipinski definition) is 0. The molecule has 2 aromatic rings. The highest BCUT2D eigenvalue weighted by molar-refractivity contribution is 14.1. The first-order valence-electron chi connectivity index (χ1n) is 12.5. The summed E-state index contributed by atoms with van der Waals surface area (Å²) in [6.45, 7) is 4.87. The van der Waals surface area contributed by atoms with E-state index in [-0.39, 0.29) is 22.6 Å². The van der Waals surface area contributed by atoms with Crippen LogP contribution in [0.25, 0.3) is 0 Å². The van der Waals surface area contributed by atoms with Gasteiger partial charge < -0.3 is 38.2 Å². The van der Waals surface area contributed by atoms with E-state index in [0.29, 0.717) is 60.3 Å². The number of fused-ring (bicyclic) bond motifs is 4. The normalized spacial score (nSPS) is 28.6. The first-order valence-corrected chi connectivity index (χ1v) is 14.6. The van der Waals surface area contributed by atoms with Gasteiger partial charge in [-0.3, -0.25) is 9.59 Å². The van der Waals surface area contributed by atoms with Gasteiger partial charge in [0.1, 0.15) is 0 Å². The van der Waals surface area contributed by atoms with Crippen LogP contribution in [0.4, 0.5) is 0 Å². The largest absolute Gasteiger partial charge is 0.428 e. The fraction of sp³-hybridized carbons (Fsp3) is 0.481. The van der Waals surface area contributed by atoms with Gasteiger partial charge in [-0.05, 0) is 75.9 Å². The molecule has 6 rings (SSSR count). The minimum Gasteiger partial charge on any atom is -0.428 e. The Bertz CT molecular complexity index is 1250. The van der Waals surface area contributed by atoms with Crippen LogP contribution in [0.15, 0.2) is 24.3 Å². The number of rotatable bonds is 4. The number of carbonyl (C=O) groups is 2. The van der Waals surface area contributed by atoms with Gasteiger partial charge in [-0.25, -0.2) is 0 Å². The summed E-state index contributed by atoms with van der Waals surface area (Å²) in [7, 11) is 3.00. The molecule has 4 aliphatic heterocycles. The second-order valence-electron chi connectivity index (χ2n) is 11.2. The highest BCUT2D eigenvalue weighted by Crippen LogP contribution is 2.47. The van der Waals surface area contributed by atoms with Crippen molar-refractivity contribution in [2.45, 2.75) is 33.2 Å². The minimum absolute atomic E-state index is 0.0541. The number of methoxy groups -OCH3 is 2. The highest BCUT2D eigenvalue weighted by Gasteiger charge is 2.51. The van der Waals surface area contributed by atoms with Crippen molar-refractivity contribution in [1.29, 1.82) is 0 Å². The molecule has 4 aliphatic rings. The number of amides is 2. The van der Waals surface area contributed by atoms with E-state index in [0.717, 1.165) is 13.6 Å². The summed E-state index contributed by atoms with van der Waals surface area (Å²) in [5, 5.41) is 0. The molecule has 0 radical (unpaired) electrons. The standard InChI is InChI=1S/C27H28I2N2O8/c1-26-9-27(2,12-30(10-26)22(32)14-5-18-20(7-16(14)28)38-24(34-3)36-18)13-31(11-26)23(33)15-6-19-21(8-17(15)29)39-25(35-4)37-19/h5-8,24-25H,9-13H2,1-4H3. The molecule has 0 aliphatic carbocycles. The van der Waals surface area contributed by atoms with E-state index in [1.807, 2.05) is 9.80 Å². The summed E-state index contributed by atoms with van der Waals surface area (Å²) >= 11 is 4.32. The number of nitrogens with zero attached hydrogens (tertiary/aromatic N) is 2. The summed E-state index contributed by atoms with van der Waals surface area (Å²) in [4.78, 5) is 31.5. The molecular weight excluding hydrogens is 734 g/mol. The number of carbonyl (C=O) groups excluding carboxylic acids is 2. The molecule has 10 nitrogen and oxygen atoms in total. The van der Waals surface area contributed by atoms with Gasteiger partial charge >= 0.3 is 13.0 Å². The molecule has 4 heterocycles. The Morgan fingerprint density at radius 3 is 1.38 bits per heavy atom. The number of hydrogen-bond acceptors (Lipinski definition) is 8. The predicted octanol–water partition coefficient (Wildman–Crippen LogP) is 4.31. The Morgan fingerprint density at radius 1 is 0.718 bits per heavy atom. The number of benzene rings is 2. The van der Waals surface area contributed by atoms with E-state index in [2.05, 4.69) is 59.0 Å². The van der Waals surface area contributed by atoms with Crippen molar-refractivity contribution in [2.75, 3.05) is 40.4 Å². The summed E-state index contributed by atoms with van der Waals surface area (Å²) in [6.07, 6.45) is 0.926. The Kier molecular flexibility index (Phi) is 6.82. The van der Waals surface area contributed by atoms with Crippen LogP contribution in [0.1, 0.15) is 41.0 Å². The average Bonchev–Trinajstić information content (AvgIpc) is 3.47. The van der Waals surface area contributed by atoms with Gasteiger partial charge in [-0.2, -0.15) is 0 Å². The molecule has 2 unspecified atom stereocenters. The van der Waals surface area contributed by atoms with Gasteiger partial charge in [0.25, 0.3) is 11.8 Å². The fourth-order valence-corrected chi connectivity index (χ4v) is 7.70. The molecule has 2 atom stereocenters. The zero-order valence-electron chi connectivity index (χ0n) is 21.9. The first-order chi connectivity index (χ1) is 18.5. The van der Waals surface area contributed by atoms with Gasteiger partial charge in [-0.1, -0.05) is 13.8 Å². The Morgan fingerprint density at radius 2 is 1.05 bits per heavy atom. The predicted molar refractivity (Wildman–Crippen MR) is 155 cm³/mol. The van der Waals surface area contributed by atoms with E-state index in [1.165, 1.54) is 14.2 Å². The monoisotopic (exact) mass is 762 g/mol. The molecule has 0 spiro atoms. The van der Waals surface area contributed by atoms with Crippen molar-refractivity contribution in [3.63, 3.8) is 0 Å². The lowest BCUT2D eigenvalue weighted by Gasteiger charge is -2.56. The summed E-state index contributed by atoms with van der Waals surface area (Å²) in [5.41, 5.74) is 0.614. The maximum Gasteiger partial charge on any atom is 0.360 e. The van der Waals surface area contributed by atoms with Crippen molar-refractivity contribution in [2.24, 2.45) is 10.8 Å². The molecule has 39 heavy (non-hydrogen) atoms. The Hall–Kier alpha value is -2.04. The van der Waals surface area contributed by atoms with Crippen molar-refractivity contribution in [3.05, 3.63) is 42.5 Å². The SMILES string of the molecule is COC1Oc2cc(I)c(C(=O)N3CC4(C)CN(C(=O)c5cc6c(cc5I)OC(OC)O6)CC(C)(C3)C4)cc2O1. The molecule has 2 aromatic carbocycles. The summed E-state index contributed by atoms with van der Waals surface area (Å²) < 4.78 is 34.3. The minimum atomic E-state index is -0.814. The number of halogens is 2. The van der Waals surface area contributed by atoms with Crippen LogP contribution in [0.2, 0.25) is 0 Å². The Balaban J connectivity index is 1.22. The molecule has 2 bridgehead atoms. The van der Waals surface area contributed by atoms with Crippen LogP contribution in [-0.4, -0.2) is 75.0 Å². The van der Waals surface area contributed by atoms with E-state index >= 15 is 0 Å². The van der Waals surface area contributed by atoms with E-state index < -0.39 is 13.0 Å². The highest BCUT2D eigenvalue weighted by atomic mass is 127. The summed E-state index contributed by atoms with van der Waals surface area (Å²) in [6, 6.07) is 7.08. The molecule has 2 fully saturated rings. The number of ether oxygens (including phenoxy) is 6. The van der Waals surface area contributed by atoms with E-state index in [4.69, 9.17) is 28.4 Å². The molecule has 2 saturated heterocycles. The smallest absolute Gasteiger partial charge is 0.360 e. The van der Waals surface area contributed by atoms with Crippen LogP contribution in [0, 0.1) is 18.0 Å². The van der Waals surface area contributed by atoms with Crippen LogP contribution >= 0.6 is 45.2 Å². The van der Waals surface area contributed by atoms with Gasteiger partial charge in [0.2, 0.25) is 0 Å². The van der Waals surface area contributed by atoms with E-state index in [9.17, 15) is 9.59 Å². The molecule has 208 valence electrons. The fourth-order valence-electron chi connectivity index (χ4n) is 6.36. The maximum absolute atomic E-state index is 13.8. The van der Waals surface area contributed by atoms with Gasteiger partial charge in [-0.15, -0.1) is 0 Å². The van der Waals surface area contributed by atoms with Crippen LogP contribution in [-0.2, 0) is 9.47 Å². The van der Waals surface area contributed by atoms with Crippen LogP contribution in [0.3, 0.4) is 0 Å². The number of piperidine rings is 2. The van der Waals surface area contributed by atoms with Gasteiger partial charge in [0.05, 0.1) is 11.1 Å². The summed E-state index contributed by atoms with van der Waals surface area (Å²) in [5.74, 6) is 1.99. The molecular formula is C27H28I2N2O8.